The number of terminal acetylenes is 1. The molecular weight excluding hydrogens is 234 g/mol. The Labute approximate surface area is 114 Å². The molecule has 0 unspecified atom stereocenters. The van der Waals surface area contributed by atoms with Gasteiger partial charge in [0.2, 0.25) is 0 Å². The molecule has 19 heavy (non-hydrogen) atoms. The summed E-state index contributed by atoms with van der Waals surface area (Å²) in [5.74, 6) is 2.57. The molecule has 0 aliphatic carbocycles. The zero-order valence-electron chi connectivity index (χ0n) is 11.1. The highest BCUT2D eigenvalue weighted by Gasteiger charge is 2.16. The van der Waals surface area contributed by atoms with E-state index in [0.717, 1.165) is 22.8 Å². The zero-order chi connectivity index (χ0) is 13.7. The third-order valence-electron chi connectivity index (χ3n) is 3.08. The van der Waals surface area contributed by atoms with Gasteiger partial charge >= 0.3 is 0 Å². The first-order valence-electron chi connectivity index (χ1n) is 6.48. The van der Waals surface area contributed by atoms with Gasteiger partial charge in [0.1, 0.15) is 0 Å². The lowest BCUT2D eigenvalue weighted by molar-refractivity contribution is 0.0779. The molecule has 0 fully saturated rings. The summed E-state index contributed by atoms with van der Waals surface area (Å²) in [5, 5.41) is 2.05. The second-order valence-corrected chi connectivity index (χ2v) is 4.46. The first-order valence-corrected chi connectivity index (χ1v) is 6.48. The molecule has 0 bridgehead atoms. The van der Waals surface area contributed by atoms with Crippen LogP contribution in [0, 0.1) is 12.3 Å². The highest BCUT2D eigenvalue weighted by Crippen LogP contribution is 2.20. The molecule has 0 aliphatic heterocycles. The van der Waals surface area contributed by atoms with Crippen LogP contribution in [0.3, 0.4) is 0 Å². The molecule has 2 aromatic rings. The molecule has 2 nitrogen and oxygen atoms in total. The number of hydrogen-bond acceptors (Lipinski definition) is 1. The van der Waals surface area contributed by atoms with Gasteiger partial charge in [-0.25, -0.2) is 0 Å². The van der Waals surface area contributed by atoms with E-state index in [1.165, 1.54) is 0 Å². The lowest BCUT2D eigenvalue weighted by atomic mass is 10.0. The number of amides is 1. The number of fused-ring (bicyclic) bond motifs is 1. The summed E-state index contributed by atoms with van der Waals surface area (Å²) in [6, 6.07) is 13.7. The predicted molar refractivity (Wildman–Crippen MR) is 79.0 cm³/mol. The van der Waals surface area contributed by atoms with Crippen LogP contribution in [-0.2, 0) is 0 Å². The monoisotopic (exact) mass is 251 g/mol. The molecule has 1 amide bonds. The summed E-state index contributed by atoms with van der Waals surface area (Å²) < 4.78 is 0. The largest absolute Gasteiger partial charge is 0.328 e. The third-order valence-corrected chi connectivity index (χ3v) is 3.08. The summed E-state index contributed by atoms with van der Waals surface area (Å²) in [4.78, 5) is 14.3. The van der Waals surface area contributed by atoms with Crippen molar-refractivity contribution in [2.24, 2.45) is 0 Å². The van der Waals surface area contributed by atoms with Crippen LogP contribution < -0.4 is 0 Å². The van der Waals surface area contributed by atoms with E-state index in [2.05, 4.69) is 5.92 Å². The topological polar surface area (TPSA) is 20.3 Å². The van der Waals surface area contributed by atoms with Crippen molar-refractivity contribution in [2.45, 2.75) is 13.3 Å². The minimum Gasteiger partial charge on any atom is -0.328 e. The van der Waals surface area contributed by atoms with Gasteiger partial charge in [-0.3, -0.25) is 4.79 Å². The molecule has 2 heteroatoms. The molecule has 0 radical (unpaired) electrons. The number of rotatable bonds is 4. The number of hydrogen-bond donors (Lipinski definition) is 0. The lowest BCUT2D eigenvalue weighted by Gasteiger charge is -2.20. The van der Waals surface area contributed by atoms with Crippen molar-refractivity contribution < 1.29 is 4.79 Å². The minimum atomic E-state index is 0.0107. The molecule has 0 aromatic heterocycles. The molecule has 96 valence electrons. The quantitative estimate of drug-likeness (QED) is 0.763. The standard InChI is InChI=1S/C17H17NO/c1-3-12-18(13-4-2)17(19)16-11-7-9-14-8-5-6-10-15(14)16/h1,5-11H,4,12-13H2,2H3. The maximum absolute atomic E-state index is 12.6. The second kappa shape index (κ2) is 6.06. The molecule has 2 aromatic carbocycles. The van der Waals surface area contributed by atoms with Crippen molar-refractivity contribution in [1.29, 1.82) is 0 Å². The Balaban J connectivity index is 2.43. The fourth-order valence-corrected chi connectivity index (χ4v) is 2.21. The van der Waals surface area contributed by atoms with Crippen molar-refractivity contribution in [3.05, 3.63) is 48.0 Å². The number of carbonyl (C=O) groups excluding carboxylic acids is 1. The maximum Gasteiger partial charge on any atom is 0.255 e. The SMILES string of the molecule is C#CCN(CCC)C(=O)c1cccc2ccccc12. The molecule has 0 heterocycles. The third kappa shape index (κ3) is 2.77. The van der Waals surface area contributed by atoms with Crippen LogP contribution in [0.1, 0.15) is 23.7 Å². The maximum atomic E-state index is 12.6. The van der Waals surface area contributed by atoms with Crippen molar-refractivity contribution in [3.8, 4) is 12.3 Å². The molecule has 0 saturated heterocycles. The van der Waals surface area contributed by atoms with Gasteiger partial charge in [0.05, 0.1) is 6.54 Å². The van der Waals surface area contributed by atoms with E-state index in [4.69, 9.17) is 6.42 Å². The fraction of sp³-hybridized carbons (Fsp3) is 0.235. The van der Waals surface area contributed by atoms with E-state index in [-0.39, 0.29) is 5.91 Å². The lowest BCUT2D eigenvalue weighted by Crippen LogP contribution is -2.32. The number of benzene rings is 2. The van der Waals surface area contributed by atoms with Gasteiger partial charge in [-0.05, 0) is 23.3 Å². The van der Waals surface area contributed by atoms with E-state index >= 15 is 0 Å². The van der Waals surface area contributed by atoms with Crippen molar-refractivity contribution in [1.82, 2.24) is 4.90 Å². The highest BCUT2D eigenvalue weighted by molar-refractivity contribution is 6.07. The first-order chi connectivity index (χ1) is 9.27. The van der Waals surface area contributed by atoms with E-state index in [1.54, 1.807) is 4.90 Å². The van der Waals surface area contributed by atoms with Gasteiger partial charge in [0.15, 0.2) is 0 Å². The Morgan fingerprint density at radius 2 is 1.95 bits per heavy atom. The summed E-state index contributed by atoms with van der Waals surface area (Å²) in [7, 11) is 0. The van der Waals surface area contributed by atoms with Crippen LogP contribution in [0.5, 0.6) is 0 Å². The minimum absolute atomic E-state index is 0.0107. The van der Waals surface area contributed by atoms with Crippen molar-refractivity contribution >= 4 is 16.7 Å². The number of carbonyl (C=O) groups is 1. The smallest absolute Gasteiger partial charge is 0.255 e. The summed E-state index contributed by atoms with van der Waals surface area (Å²) in [6.45, 7) is 3.09. The molecule has 2 rings (SSSR count). The molecule has 0 spiro atoms. The van der Waals surface area contributed by atoms with Gasteiger partial charge in [-0.2, -0.15) is 0 Å². The Hall–Kier alpha value is -2.27. The van der Waals surface area contributed by atoms with E-state index < -0.39 is 0 Å². The van der Waals surface area contributed by atoms with Gasteiger partial charge in [0, 0.05) is 12.1 Å². The second-order valence-electron chi connectivity index (χ2n) is 4.46. The van der Waals surface area contributed by atoms with Gasteiger partial charge in [-0.15, -0.1) is 6.42 Å². The van der Waals surface area contributed by atoms with Crippen molar-refractivity contribution in [2.75, 3.05) is 13.1 Å². The van der Waals surface area contributed by atoms with Gasteiger partial charge in [0.25, 0.3) is 5.91 Å². The summed E-state index contributed by atoms with van der Waals surface area (Å²) in [5.41, 5.74) is 0.724. The van der Waals surface area contributed by atoms with E-state index in [9.17, 15) is 4.79 Å². The van der Waals surface area contributed by atoms with Gasteiger partial charge < -0.3 is 4.90 Å². The van der Waals surface area contributed by atoms with E-state index in [0.29, 0.717) is 13.1 Å². The zero-order valence-corrected chi connectivity index (χ0v) is 11.1. The Kier molecular flexibility index (Phi) is 4.20. The van der Waals surface area contributed by atoms with E-state index in [1.807, 2.05) is 49.4 Å². The molecule has 0 N–H and O–H groups in total. The Morgan fingerprint density at radius 3 is 2.68 bits per heavy atom. The average molecular weight is 251 g/mol. The normalized spacial score (nSPS) is 10.1. The molecule has 0 aliphatic rings. The highest BCUT2D eigenvalue weighted by atomic mass is 16.2. The van der Waals surface area contributed by atoms with Crippen LogP contribution in [0.2, 0.25) is 0 Å². The van der Waals surface area contributed by atoms with Crippen LogP contribution in [0.4, 0.5) is 0 Å². The van der Waals surface area contributed by atoms with Crippen LogP contribution in [0.25, 0.3) is 10.8 Å². The van der Waals surface area contributed by atoms with Crippen molar-refractivity contribution in [3.63, 3.8) is 0 Å². The van der Waals surface area contributed by atoms with Crippen LogP contribution in [-0.4, -0.2) is 23.9 Å². The molecule has 0 atom stereocenters. The Morgan fingerprint density at radius 1 is 1.21 bits per heavy atom. The predicted octanol–water partition coefficient (Wildman–Crippen LogP) is 3.33. The first kappa shape index (κ1) is 13.2. The van der Waals surface area contributed by atoms with Crippen LogP contribution in [0.15, 0.2) is 42.5 Å². The fourth-order valence-electron chi connectivity index (χ4n) is 2.21. The number of nitrogens with zero attached hydrogens (tertiary/aromatic N) is 1. The van der Waals surface area contributed by atoms with Crippen LogP contribution >= 0.6 is 0 Å². The molecular formula is C17H17NO. The molecule has 0 saturated carbocycles. The summed E-state index contributed by atoms with van der Waals surface area (Å²) >= 11 is 0. The Bertz CT molecular complexity index is 619. The van der Waals surface area contributed by atoms with Gasteiger partial charge in [-0.1, -0.05) is 49.2 Å². The summed E-state index contributed by atoms with van der Waals surface area (Å²) in [6.07, 6.45) is 6.25. The average Bonchev–Trinajstić information content (AvgIpc) is 2.46.